The summed E-state index contributed by atoms with van der Waals surface area (Å²) in [6.07, 6.45) is 12.6. The molecule has 6 atom stereocenters. The van der Waals surface area contributed by atoms with E-state index in [1.54, 1.807) is 0 Å². The predicted molar refractivity (Wildman–Crippen MR) is 130 cm³/mol. The van der Waals surface area contributed by atoms with Gasteiger partial charge in [-0.2, -0.15) is 0 Å². The van der Waals surface area contributed by atoms with Crippen LogP contribution in [0.1, 0.15) is 91.9 Å². The van der Waals surface area contributed by atoms with Crippen LogP contribution in [0, 0.1) is 17.3 Å². The number of hydrogen-bond donors (Lipinski definition) is 3. The Bertz CT molecular complexity index is 719. The summed E-state index contributed by atoms with van der Waals surface area (Å²) in [5.41, 5.74) is 2.91. The third-order valence-electron chi connectivity index (χ3n) is 9.13. The fourth-order valence-corrected chi connectivity index (χ4v) is 6.67. The summed E-state index contributed by atoms with van der Waals surface area (Å²) in [4.78, 5) is 0. The van der Waals surface area contributed by atoms with Crippen LogP contribution in [0.2, 0.25) is 0 Å². The standard InChI is InChI=1S/C28H46O4/c1-6-28(31,7-2)15-16-32-20(4)24-12-13-25-21(9-8-14-27(24,25)5)10-11-22-17-23(29)18-26(30)19(22)3/h10-11,20,23-26,29-31H,3,6-9,12-18H2,1-2,4-5H3/b21-10-,22-11+/t20?,23-,24-,25+,26+,27-/m1/s1. The molecule has 0 heterocycles. The molecule has 1 unspecified atom stereocenters. The third-order valence-corrected chi connectivity index (χ3v) is 9.13. The van der Waals surface area contributed by atoms with Crippen molar-refractivity contribution in [3.63, 3.8) is 0 Å². The molecule has 3 rings (SSSR count). The van der Waals surface area contributed by atoms with E-state index in [4.69, 9.17) is 4.74 Å². The van der Waals surface area contributed by atoms with Crippen molar-refractivity contribution < 1.29 is 20.1 Å². The summed E-state index contributed by atoms with van der Waals surface area (Å²) in [6, 6.07) is 0. The molecule has 0 aromatic carbocycles. The van der Waals surface area contributed by atoms with Gasteiger partial charge in [-0.3, -0.25) is 0 Å². The van der Waals surface area contributed by atoms with Gasteiger partial charge in [-0.05, 0) is 93.1 Å². The zero-order chi connectivity index (χ0) is 23.5. The topological polar surface area (TPSA) is 69.9 Å². The van der Waals surface area contributed by atoms with Crippen LogP contribution in [-0.2, 0) is 4.74 Å². The molecule has 3 fully saturated rings. The smallest absolute Gasteiger partial charge is 0.0811 e. The van der Waals surface area contributed by atoms with Gasteiger partial charge in [0.1, 0.15) is 0 Å². The Kier molecular flexibility index (Phi) is 8.46. The molecule has 0 aromatic heterocycles. The molecule has 3 saturated carbocycles. The largest absolute Gasteiger partial charge is 0.393 e. The normalized spacial score (nSPS) is 37.2. The lowest BCUT2D eigenvalue weighted by Gasteiger charge is -2.44. The highest BCUT2D eigenvalue weighted by atomic mass is 16.5. The van der Waals surface area contributed by atoms with Crippen LogP contribution >= 0.6 is 0 Å². The molecule has 0 aromatic rings. The van der Waals surface area contributed by atoms with E-state index in [-0.39, 0.29) is 11.5 Å². The molecule has 182 valence electrons. The molecule has 3 aliphatic carbocycles. The molecule has 4 nitrogen and oxygen atoms in total. The quantitative estimate of drug-likeness (QED) is 0.462. The second-order valence-corrected chi connectivity index (χ2v) is 10.9. The Morgan fingerprint density at radius 2 is 1.94 bits per heavy atom. The Balaban J connectivity index is 1.67. The Labute approximate surface area is 195 Å². The molecule has 4 heteroatoms. The minimum absolute atomic E-state index is 0.198. The number of hydrogen-bond acceptors (Lipinski definition) is 4. The van der Waals surface area contributed by atoms with Crippen molar-refractivity contribution >= 4 is 0 Å². The lowest BCUT2D eigenvalue weighted by atomic mass is 9.62. The van der Waals surface area contributed by atoms with Crippen LogP contribution in [0.3, 0.4) is 0 Å². The number of fused-ring (bicyclic) bond motifs is 1. The molecule has 3 N–H and O–H groups in total. The first-order valence-corrected chi connectivity index (χ1v) is 12.9. The fourth-order valence-electron chi connectivity index (χ4n) is 6.67. The Morgan fingerprint density at radius 3 is 2.62 bits per heavy atom. The van der Waals surface area contributed by atoms with Gasteiger partial charge in [-0.15, -0.1) is 0 Å². The lowest BCUT2D eigenvalue weighted by molar-refractivity contribution is -0.0559. The highest BCUT2D eigenvalue weighted by Crippen LogP contribution is 2.58. The van der Waals surface area contributed by atoms with Crippen molar-refractivity contribution in [3.05, 3.63) is 35.5 Å². The zero-order valence-electron chi connectivity index (χ0n) is 20.8. The van der Waals surface area contributed by atoms with Crippen molar-refractivity contribution in [1.29, 1.82) is 0 Å². The first kappa shape index (κ1) is 25.7. The summed E-state index contributed by atoms with van der Waals surface area (Å²) in [7, 11) is 0. The Morgan fingerprint density at radius 1 is 1.22 bits per heavy atom. The van der Waals surface area contributed by atoms with Gasteiger partial charge in [0.05, 0.1) is 23.9 Å². The van der Waals surface area contributed by atoms with E-state index < -0.39 is 17.8 Å². The van der Waals surface area contributed by atoms with E-state index in [2.05, 4.69) is 32.6 Å². The van der Waals surface area contributed by atoms with E-state index in [0.29, 0.717) is 37.7 Å². The number of aliphatic hydroxyl groups excluding tert-OH is 2. The van der Waals surface area contributed by atoms with E-state index in [1.807, 2.05) is 13.8 Å². The first-order valence-electron chi connectivity index (χ1n) is 12.9. The van der Waals surface area contributed by atoms with Gasteiger partial charge >= 0.3 is 0 Å². The summed E-state index contributed by atoms with van der Waals surface area (Å²) in [6.45, 7) is 13.5. The SMILES string of the molecule is C=C1/C(=C/C=C2/CCC[C@]3(C)[C@@H](C(C)OCCC(O)(CC)CC)CC[C@@H]23)C[C@@H](O)C[C@@H]1O. The second-order valence-electron chi connectivity index (χ2n) is 10.9. The van der Waals surface area contributed by atoms with Gasteiger partial charge in [0.2, 0.25) is 0 Å². The minimum atomic E-state index is -0.632. The maximum atomic E-state index is 10.6. The molecule has 0 amide bonds. The monoisotopic (exact) mass is 446 g/mol. The maximum absolute atomic E-state index is 10.6. The van der Waals surface area contributed by atoms with E-state index in [9.17, 15) is 15.3 Å². The van der Waals surface area contributed by atoms with Crippen molar-refractivity contribution in [2.75, 3.05) is 6.61 Å². The van der Waals surface area contributed by atoms with Crippen LogP contribution in [0.25, 0.3) is 0 Å². The molecule has 0 bridgehead atoms. The molecule has 0 spiro atoms. The highest BCUT2D eigenvalue weighted by molar-refractivity contribution is 5.38. The lowest BCUT2D eigenvalue weighted by Crippen LogP contribution is -2.39. The molecule has 0 aliphatic heterocycles. The summed E-state index contributed by atoms with van der Waals surface area (Å²) in [5, 5.41) is 30.8. The predicted octanol–water partition coefficient (Wildman–Crippen LogP) is 5.47. The number of rotatable bonds is 8. The average Bonchev–Trinajstić information content (AvgIpc) is 3.12. The second kappa shape index (κ2) is 10.5. The summed E-state index contributed by atoms with van der Waals surface area (Å²) in [5.74, 6) is 1.10. The van der Waals surface area contributed by atoms with Gasteiger partial charge < -0.3 is 20.1 Å². The van der Waals surface area contributed by atoms with Crippen LogP contribution in [0.4, 0.5) is 0 Å². The third kappa shape index (κ3) is 5.41. The molecule has 0 saturated heterocycles. The average molecular weight is 447 g/mol. The summed E-state index contributed by atoms with van der Waals surface area (Å²) < 4.78 is 6.31. The van der Waals surface area contributed by atoms with Gasteiger partial charge in [0.25, 0.3) is 0 Å². The zero-order valence-corrected chi connectivity index (χ0v) is 20.8. The van der Waals surface area contributed by atoms with E-state index in [0.717, 1.165) is 30.4 Å². The minimum Gasteiger partial charge on any atom is -0.393 e. The van der Waals surface area contributed by atoms with Crippen LogP contribution in [0.15, 0.2) is 35.5 Å². The van der Waals surface area contributed by atoms with Gasteiger partial charge in [-0.1, -0.05) is 45.1 Å². The van der Waals surface area contributed by atoms with Crippen LogP contribution in [-0.4, -0.2) is 45.8 Å². The number of aliphatic hydroxyl groups is 3. The van der Waals surface area contributed by atoms with Gasteiger partial charge in [0.15, 0.2) is 0 Å². The van der Waals surface area contributed by atoms with Crippen molar-refractivity contribution in [1.82, 2.24) is 0 Å². The summed E-state index contributed by atoms with van der Waals surface area (Å²) >= 11 is 0. The van der Waals surface area contributed by atoms with Crippen LogP contribution in [0.5, 0.6) is 0 Å². The maximum Gasteiger partial charge on any atom is 0.0811 e. The molecular weight excluding hydrogens is 400 g/mol. The van der Waals surface area contributed by atoms with Crippen molar-refractivity contribution in [3.8, 4) is 0 Å². The van der Waals surface area contributed by atoms with Gasteiger partial charge in [-0.25, -0.2) is 0 Å². The molecule has 0 radical (unpaired) electrons. The Hall–Kier alpha value is -0.940. The van der Waals surface area contributed by atoms with E-state index >= 15 is 0 Å². The van der Waals surface area contributed by atoms with Crippen LogP contribution < -0.4 is 0 Å². The number of ether oxygens (including phenoxy) is 1. The molecule has 3 aliphatic rings. The first-order chi connectivity index (χ1) is 15.1. The highest BCUT2D eigenvalue weighted by Gasteiger charge is 2.51. The van der Waals surface area contributed by atoms with Gasteiger partial charge in [0, 0.05) is 13.0 Å². The fraction of sp³-hybridized carbons (Fsp3) is 0.786. The van der Waals surface area contributed by atoms with E-state index in [1.165, 1.54) is 31.3 Å². The van der Waals surface area contributed by atoms with Crippen molar-refractivity contribution in [2.24, 2.45) is 17.3 Å². The number of allylic oxidation sites excluding steroid dienone is 3. The molecule has 32 heavy (non-hydrogen) atoms. The molecular formula is C28H46O4. The van der Waals surface area contributed by atoms with Crippen molar-refractivity contribution in [2.45, 2.75) is 116 Å².